The Bertz CT molecular complexity index is 715. The summed E-state index contributed by atoms with van der Waals surface area (Å²) in [5.41, 5.74) is 0.902. The molecule has 0 atom stereocenters. The van der Waals surface area contributed by atoms with Gasteiger partial charge in [-0.2, -0.15) is 0 Å². The molecule has 1 aliphatic rings. The summed E-state index contributed by atoms with van der Waals surface area (Å²) < 4.78 is 34.9. The van der Waals surface area contributed by atoms with Gasteiger partial charge < -0.3 is 20.1 Å². The predicted molar refractivity (Wildman–Crippen MR) is 98.9 cm³/mol. The number of ether oxygens (including phenoxy) is 2. The second-order valence-corrected chi connectivity index (χ2v) is 8.34. The Morgan fingerprint density at radius 1 is 1.15 bits per heavy atom. The van der Waals surface area contributed by atoms with E-state index in [0.29, 0.717) is 43.6 Å². The van der Waals surface area contributed by atoms with E-state index >= 15 is 0 Å². The van der Waals surface area contributed by atoms with Gasteiger partial charge in [-0.1, -0.05) is 6.07 Å². The lowest BCUT2D eigenvalue weighted by Gasteiger charge is -2.30. The summed E-state index contributed by atoms with van der Waals surface area (Å²) in [6.07, 6.45) is 2.74. The summed E-state index contributed by atoms with van der Waals surface area (Å²) in [7, 11) is 0.0231. The van der Waals surface area contributed by atoms with E-state index in [4.69, 9.17) is 9.47 Å². The molecule has 0 unspecified atom stereocenters. The fraction of sp³-hybridized carbons (Fsp3) is 0.588. The highest BCUT2D eigenvalue weighted by Crippen LogP contribution is 2.27. The second-order valence-electron chi connectivity index (χ2n) is 6.36. The number of carbonyl (C=O) groups is 1. The largest absolute Gasteiger partial charge is 0.493 e. The maximum absolute atomic E-state index is 12.0. The number of carbonyl (C=O) groups excluding carboxylic acids is 1. The highest BCUT2D eigenvalue weighted by atomic mass is 32.2. The lowest BCUT2D eigenvalue weighted by atomic mass is 9.98. The lowest BCUT2D eigenvalue weighted by molar-refractivity contribution is 0.231. The minimum Gasteiger partial charge on any atom is -0.493 e. The summed E-state index contributed by atoms with van der Waals surface area (Å²) >= 11 is 0. The number of hydrogen-bond donors (Lipinski definition) is 2. The molecule has 1 aliphatic heterocycles. The molecule has 9 heteroatoms. The fourth-order valence-corrected chi connectivity index (χ4v) is 3.79. The Balaban J connectivity index is 1.73. The van der Waals surface area contributed by atoms with Crippen LogP contribution in [0.1, 0.15) is 18.4 Å². The van der Waals surface area contributed by atoms with Crippen molar-refractivity contribution in [3.05, 3.63) is 23.8 Å². The van der Waals surface area contributed by atoms with E-state index in [9.17, 15) is 13.2 Å². The van der Waals surface area contributed by atoms with E-state index in [1.807, 2.05) is 12.1 Å². The summed E-state index contributed by atoms with van der Waals surface area (Å²) in [6, 6.07) is 5.23. The van der Waals surface area contributed by atoms with Crippen LogP contribution in [0, 0.1) is 5.92 Å². The van der Waals surface area contributed by atoms with Crippen LogP contribution in [0.2, 0.25) is 0 Å². The molecule has 0 radical (unpaired) electrons. The van der Waals surface area contributed by atoms with E-state index in [2.05, 4.69) is 10.6 Å². The molecule has 0 spiro atoms. The van der Waals surface area contributed by atoms with Crippen LogP contribution in [-0.4, -0.2) is 58.9 Å². The maximum Gasteiger partial charge on any atom is 0.315 e. The van der Waals surface area contributed by atoms with Gasteiger partial charge in [0.15, 0.2) is 11.5 Å². The minimum absolute atomic E-state index is 0.245. The molecule has 0 aliphatic carbocycles. The summed E-state index contributed by atoms with van der Waals surface area (Å²) in [4.78, 5) is 12.0. The Morgan fingerprint density at radius 2 is 1.81 bits per heavy atom. The third-order valence-corrected chi connectivity index (χ3v) is 5.80. The van der Waals surface area contributed by atoms with Crippen molar-refractivity contribution in [1.29, 1.82) is 0 Å². The van der Waals surface area contributed by atoms with E-state index < -0.39 is 10.0 Å². The van der Waals surface area contributed by atoms with Crippen molar-refractivity contribution in [2.75, 3.05) is 40.1 Å². The predicted octanol–water partition coefficient (Wildman–Crippen LogP) is 1.17. The molecule has 1 heterocycles. The van der Waals surface area contributed by atoms with E-state index in [1.54, 1.807) is 20.3 Å². The molecule has 0 saturated carbocycles. The number of urea groups is 1. The Labute approximate surface area is 154 Å². The molecule has 2 amide bonds. The van der Waals surface area contributed by atoms with Crippen molar-refractivity contribution in [2.24, 2.45) is 5.92 Å². The summed E-state index contributed by atoms with van der Waals surface area (Å²) in [6.45, 7) is 1.94. The first kappa shape index (κ1) is 20.3. The first-order chi connectivity index (χ1) is 12.3. The number of methoxy groups -OCH3 is 2. The first-order valence-corrected chi connectivity index (χ1v) is 10.4. The number of hydrogen-bond acceptors (Lipinski definition) is 5. The zero-order chi connectivity index (χ0) is 19.2. The average molecular weight is 385 g/mol. The number of nitrogens with zero attached hydrogens (tertiary/aromatic N) is 1. The van der Waals surface area contributed by atoms with Gasteiger partial charge in [0.1, 0.15) is 0 Å². The van der Waals surface area contributed by atoms with Crippen LogP contribution in [-0.2, 0) is 16.6 Å². The molecule has 26 heavy (non-hydrogen) atoms. The zero-order valence-electron chi connectivity index (χ0n) is 15.4. The summed E-state index contributed by atoms with van der Waals surface area (Å²) in [5, 5.41) is 5.66. The van der Waals surface area contributed by atoms with Gasteiger partial charge in [0.2, 0.25) is 10.0 Å². The van der Waals surface area contributed by atoms with Crippen LogP contribution in [0.3, 0.4) is 0 Å². The standard InChI is InChI=1S/C17H27N3O5S/c1-24-15-5-4-14(10-16(15)25-2)12-19-17(21)18-11-13-6-8-20(9-7-13)26(3,22)23/h4-5,10,13H,6-9,11-12H2,1-3H3,(H2,18,19,21). The van der Waals surface area contributed by atoms with Crippen LogP contribution in [0.4, 0.5) is 4.79 Å². The molecule has 2 rings (SSSR count). The van der Waals surface area contributed by atoms with Crippen molar-refractivity contribution in [1.82, 2.24) is 14.9 Å². The van der Waals surface area contributed by atoms with Crippen LogP contribution in [0.25, 0.3) is 0 Å². The number of sulfonamides is 1. The van der Waals surface area contributed by atoms with E-state index in [1.165, 1.54) is 10.6 Å². The molecule has 0 aromatic heterocycles. The first-order valence-electron chi connectivity index (χ1n) is 8.51. The van der Waals surface area contributed by atoms with Crippen LogP contribution < -0.4 is 20.1 Å². The molecule has 1 fully saturated rings. The molecule has 0 bridgehead atoms. The highest BCUT2D eigenvalue weighted by molar-refractivity contribution is 7.88. The summed E-state index contributed by atoms with van der Waals surface area (Å²) in [5.74, 6) is 1.55. The number of amides is 2. The maximum atomic E-state index is 12.0. The van der Waals surface area contributed by atoms with Gasteiger partial charge in [0, 0.05) is 26.2 Å². The molecule has 1 saturated heterocycles. The van der Waals surface area contributed by atoms with Crippen molar-refractivity contribution in [2.45, 2.75) is 19.4 Å². The topological polar surface area (TPSA) is 97.0 Å². The number of benzene rings is 1. The van der Waals surface area contributed by atoms with E-state index in [0.717, 1.165) is 18.4 Å². The molecule has 2 N–H and O–H groups in total. The fourth-order valence-electron chi connectivity index (χ4n) is 2.92. The zero-order valence-corrected chi connectivity index (χ0v) is 16.3. The number of nitrogens with one attached hydrogen (secondary N) is 2. The van der Waals surface area contributed by atoms with Gasteiger partial charge in [0.05, 0.1) is 20.5 Å². The molecular weight excluding hydrogens is 358 g/mol. The lowest BCUT2D eigenvalue weighted by Crippen LogP contribution is -2.43. The number of piperidine rings is 1. The van der Waals surface area contributed by atoms with Crippen LogP contribution in [0.15, 0.2) is 18.2 Å². The Hall–Kier alpha value is -2.00. The van der Waals surface area contributed by atoms with Crippen molar-refractivity contribution >= 4 is 16.1 Å². The van der Waals surface area contributed by atoms with Crippen molar-refractivity contribution < 1.29 is 22.7 Å². The number of rotatable bonds is 7. The van der Waals surface area contributed by atoms with Crippen molar-refractivity contribution in [3.63, 3.8) is 0 Å². The second kappa shape index (κ2) is 9.09. The Morgan fingerprint density at radius 3 is 2.38 bits per heavy atom. The van der Waals surface area contributed by atoms with Crippen LogP contribution >= 0.6 is 0 Å². The third-order valence-electron chi connectivity index (χ3n) is 4.49. The van der Waals surface area contributed by atoms with Crippen molar-refractivity contribution in [3.8, 4) is 11.5 Å². The third kappa shape index (κ3) is 5.77. The SMILES string of the molecule is COc1ccc(CNC(=O)NCC2CCN(S(C)(=O)=O)CC2)cc1OC. The highest BCUT2D eigenvalue weighted by Gasteiger charge is 2.24. The van der Waals surface area contributed by atoms with Gasteiger partial charge in [-0.3, -0.25) is 0 Å². The van der Waals surface area contributed by atoms with Crippen LogP contribution in [0.5, 0.6) is 11.5 Å². The molecule has 1 aromatic rings. The molecule has 1 aromatic carbocycles. The monoisotopic (exact) mass is 385 g/mol. The van der Waals surface area contributed by atoms with Gasteiger partial charge in [-0.05, 0) is 36.5 Å². The average Bonchev–Trinajstić information content (AvgIpc) is 2.64. The van der Waals surface area contributed by atoms with E-state index in [-0.39, 0.29) is 6.03 Å². The van der Waals surface area contributed by atoms with Gasteiger partial charge in [-0.15, -0.1) is 0 Å². The quantitative estimate of drug-likeness (QED) is 0.735. The molecular formula is C17H27N3O5S. The van der Waals surface area contributed by atoms with Gasteiger partial charge in [-0.25, -0.2) is 17.5 Å². The normalized spacial score (nSPS) is 16.1. The van der Waals surface area contributed by atoms with Gasteiger partial charge >= 0.3 is 6.03 Å². The Kier molecular flexibility index (Phi) is 7.10. The minimum atomic E-state index is -3.12. The molecule has 8 nitrogen and oxygen atoms in total. The van der Waals surface area contributed by atoms with Gasteiger partial charge in [0.25, 0.3) is 0 Å². The smallest absolute Gasteiger partial charge is 0.315 e. The molecule has 146 valence electrons.